The van der Waals surface area contributed by atoms with Gasteiger partial charge in [-0.15, -0.1) is 11.8 Å². The molecule has 0 aliphatic carbocycles. The molecule has 0 bridgehead atoms. The van der Waals surface area contributed by atoms with Gasteiger partial charge in [-0.1, -0.05) is 11.8 Å². The Morgan fingerprint density at radius 3 is 2.53 bits per heavy atom. The number of anilines is 1. The number of halogens is 3. The minimum atomic E-state index is -4.14. The van der Waals surface area contributed by atoms with Crippen molar-refractivity contribution in [3.63, 3.8) is 0 Å². The first-order valence-corrected chi connectivity index (χ1v) is 5.99. The normalized spacial score (nSPS) is 11.7. The lowest BCUT2D eigenvalue weighted by Crippen LogP contribution is -2.02. The van der Waals surface area contributed by atoms with Gasteiger partial charge in [0, 0.05) is 11.5 Å². The zero-order valence-electron chi connectivity index (χ0n) is 7.62. The Labute approximate surface area is 93.8 Å². The van der Waals surface area contributed by atoms with Crippen LogP contribution in [-0.4, -0.2) is 22.0 Å². The molecule has 0 aromatic carbocycles. The summed E-state index contributed by atoms with van der Waals surface area (Å²) in [6.07, 6.45) is 1.49. The standard InChI is InChI=1S/C8H9F3N2S2/c9-8(10,11)15-4-3-14-7-2-1-6(12)5-13-7/h1-2,5H,3-4,12H2. The zero-order chi connectivity index (χ0) is 11.3. The van der Waals surface area contributed by atoms with Crippen LogP contribution in [0.2, 0.25) is 0 Å². The Bertz CT molecular complexity index is 300. The summed E-state index contributed by atoms with van der Waals surface area (Å²) in [5, 5.41) is 0.687. The number of aromatic nitrogens is 1. The number of nitrogens with two attached hydrogens (primary N) is 1. The molecule has 0 atom stereocenters. The molecular formula is C8H9F3N2S2. The van der Waals surface area contributed by atoms with Crippen molar-refractivity contribution in [3.8, 4) is 0 Å². The van der Waals surface area contributed by atoms with Crippen molar-refractivity contribution in [2.24, 2.45) is 0 Å². The first kappa shape index (κ1) is 12.5. The molecule has 0 spiro atoms. The van der Waals surface area contributed by atoms with Crippen molar-refractivity contribution < 1.29 is 13.2 Å². The monoisotopic (exact) mass is 254 g/mol. The van der Waals surface area contributed by atoms with E-state index in [1.165, 1.54) is 18.0 Å². The highest BCUT2D eigenvalue weighted by atomic mass is 32.2. The van der Waals surface area contributed by atoms with Gasteiger partial charge in [-0.05, 0) is 12.1 Å². The van der Waals surface area contributed by atoms with Crippen molar-refractivity contribution in [2.75, 3.05) is 17.2 Å². The number of pyridine rings is 1. The number of alkyl halides is 3. The molecule has 0 aliphatic rings. The quantitative estimate of drug-likeness (QED) is 0.662. The van der Waals surface area contributed by atoms with Gasteiger partial charge in [-0.2, -0.15) is 13.2 Å². The molecule has 1 rings (SSSR count). The predicted molar refractivity (Wildman–Crippen MR) is 57.9 cm³/mol. The van der Waals surface area contributed by atoms with Crippen LogP contribution < -0.4 is 5.73 Å². The second-order valence-corrected chi connectivity index (χ2v) is 4.85. The summed E-state index contributed by atoms with van der Waals surface area (Å²) in [7, 11) is 0. The molecule has 84 valence electrons. The zero-order valence-corrected chi connectivity index (χ0v) is 9.25. The van der Waals surface area contributed by atoms with Crippen LogP contribution in [0.1, 0.15) is 0 Å². The molecule has 7 heteroatoms. The Balaban J connectivity index is 2.23. The van der Waals surface area contributed by atoms with Gasteiger partial charge in [0.15, 0.2) is 0 Å². The highest BCUT2D eigenvalue weighted by molar-refractivity contribution is 8.03. The SMILES string of the molecule is Nc1ccc(SCCSC(F)(F)F)nc1. The van der Waals surface area contributed by atoms with Gasteiger partial charge in [0.05, 0.1) is 16.9 Å². The first-order valence-electron chi connectivity index (χ1n) is 4.02. The van der Waals surface area contributed by atoms with E-state index < -0.39 is 5.51 Å². The average Bonchev–Trinajstić information content (AvgIpc) is 2.14. The molecule has 2 nitrogen and oxygen atoms in total. The van der Waals surface area contributed by atoms with E-state index >= 15 is 0 Å². The van der Waals surface area contributed by atoms with Crippen molar-refractivity contribution in [1.82, 2.24) is 4.98 Å². The van der Waals surface area contributed by atoms with Gasteiger partial charge in [0.2, 0.25) is 0 Å². The van der Waals surface area contributed by atoms with E-state index in [4.69, 9.17) is 5.73 Å². The Morgan fingerprint density at radius 1 is 1.27 bits per heavy atom. The molecule has 15 heavy (non-hydrogen) atoms. The number of hydrogen-bond acceptors (Lipinski definition) is 4. The minimum absolute atomic E-state index is 0.0173. The van der Waals surface area contributed by atoms with Gasteiger partial charge < -0.3 is 5.73 Å². The smallest absolute Gasteiger partial charge is 0.397 e. The molecule has 0 amide bonds. The molecule has 1 aromatic heterocycles. The number of nitrogens with zero attached hydrogens (tertiary/aromatic N) is 1. The third-order valence-corrected chi connectivity index (χ3v) is 3.30. The van der Waals surface area contributed by atoms with E-state index in [1.807, 2.05) is 0 Å². The average molecular weight is 254 g/mol. The van der Waals surface area contributed by atoms with Gasteiger partial charge in [-0.3, -0.25) is 0 Å². The van der Waals surface area contributed by atoms with E-state index in [0.717, 1.165) is 0 Å². The lowest BCUT2D eigenvalue weighted by molar-refractivity contribution is -0.0326. The second kappa shape index (κ2) is 5.50. The fraction of sp³-hybridized carbons (Fsp3) is 0.375. The second-order valence-electron chi connectivity index (χ2n) is 2.57. The summed E-state index contributed by atoms with van der Waals surface area (Å²) < 4.78 is 35.3. The molecular weight excluding hydrogens is 245 g/mol. The lowest BCUT2D eigenvalue weighted by Gasteiger charge is -2.04. The van der Waals surface area contributed by atoms with Gasteiger partial charge in [0.25, 0.3) is 0 Å². The summed E-state index contributed by atoms with van der Waals surface area (Å²) in [4.78, 5) is 3.96. The van der Waals surface area contributed by atoms with E-state index in [-0.39, 0.29) is 17.5 Å². The lowest BCUT2D eigenvalue weighted by atomic mass is 10.4. The third kappa shape index (κ3) is 5.78. The minimum Gasteiger partial charge on any atom is -0.397 e. The van der Waals surface area contributed by atoms with Crippen molar-refractivity contribution in [1.29, 1.82) is 0 Å². The van der Waals surface area contributed by atoms with Gasteiger partial charge in [0.1, 0.15) is 0 Å². The van der Waals surface area contributed by atoms with E-state index in [0.29, 0.717) is 16.5 Å². The Morgan fingerprint density at radius 2 is 2.00 bits per heavy atom. The van der Waals surface area contributed by atoms with Crippen LogP contribution in [0.3, 0.4) is 0 Å². The maximum absolute atomic E-state index is 11.8. The largest absolute Gasteiger partial charge is 0.441 e. The summed E-state index contributed by atoms with van der Waals surface area (Å²) >= 11 is 1.26. The van der Waals surface area contributed by atoms with Crippen LogP contribution in [0, 0.1) is 0 Å². The summed E-state index contributed by atoms with van der Waals surface area (Å²) in [6, 6.07) is 3.37. The Kier molecular flexibility index (Phi) is 4.59. The van der Waals surface area contributed by atoms with E-state index in [2.05, 4.69) is 4.98 Å². The van der Waals surface area contributed by atoms with Crippen LogP contribution in [-0.2, 0) is 0 Å². The molecule has 0 unspecified atom stereocenters. The van der Waals surface area contributed by atoms with Crippen LogP contribution in [0.15, 0.2) is 23.4 Å². The van der Waals surface area contributed by atoms with Crippen LogP contribution in [0.5, 0.6) is 0 Å². The molecule has 1 aromatic rings. The summed E-state index contributed by atoms with van der Waals surface area (Å²) in [5.74, 6) is 0.404. The number of rotatable bonds is 4. The molecule has 0 saturated heterocycles. The summed E-state index contributed by atoms with van der Waals surface area (Å²) in [5.41, 5.74) is 1.82. The van der Waals surface area contributed by atoms with Crippen molar-refractivity contribution in [3.05, 3.63) is 18.3 Å². The molecule has 0 fully saturated rings. The molecule has 1 heterocycles. The fourth-order valence-electron chi connectivity index (χ4n) is 0.781. The van der Waals surface area contributed by atoms with Crippen molar-refractivity contribution >= 4 is 29.2 Å². The number of hydrogen-bond donors (Lipinski definition) is 1. The maximum atomic E-state index is 11.8. The van der Waals surface area contributed by atoms with Gasteiger partial charge in [-0.25, -0.2) is 4.98 Å². The van der Waals surface area contributed by atoms with E-state index in [1.54, 1.807) is 12.1 Å². The van der Waals surface area contributed by atoms with E-state index in [9.17, 15) is 13.2 Å². The molecule has 0 saturated carbocycles. The molecule has 0 radical (unpaired) electrons. The topological polar surface area (TPSA) is 38.9 Å². The number of nitrogen functional groups attached to an aromatic ring is 1. The molecule has 2 N–H and O–H groups in total. The predicted octanol–water partition coefficient (Wildman–Crippen LogP) is 3.01. The first-order chi connectivity index (χ1) is 6.97. The van der Waals surface area contributed by atoms with Crippen LogP contribution in [0.25, 0.3) is 0 Å². The Hall–Kier alpha value is -0.560. The highest BCUT2D eigenvalue weighted by Gasteiger charge is 2.27. The molecule has 0 aliphatic heterocycles. The fourth-order valence-corrected chi connectivity index (χ4v) is 2.18. The highest BCUT2D eigenvalue weighted by Crippen LogP contribution is 2.31. The van der Waals surface area contributed by atoms with Gasteiger partial charge >= 0.3 is 5.51 Å². The van der Waals surface area contributed by atoms with Crippen molar-refractivity contribution in [2.45, 2.75) is 10.5 Å². The van der Waals surface area contributed by atoms with Crippen LogP contribution in [0.4, 0.5) is 18.9 Å². The summed E-state index contributed by atoms with van der Waals surface area (Å²) in [6.45, 7) is 0. The maximum Gasteiger partial charge on any atom is 0.441 e. The third-order valence-electron chi connectivity index (χ3n) is 1.36. The number of thioether (sulfide) groups is 2. The van der Waals surface area contributed by atoms with Crippen LogP contribution >= 0.6 is 23.5 Å².